The third-order valence-corrected chi connectivity index (χ3v) is 0. The Labute approximate surface area is 49.0 Å². The first-order chi connectivity index (χ1) is 1.00. The van der Waals surface area contributed by atoms with Crippen molar-refractivity contribution < 1.29 is 35.0 Å². The van der Waals surface area contributed by atoms with Crippen molar-refractivity contribution in [3.8, 4) is 0 Å². The summed E-state index contributed by atoms with van der Waals surface area (Å²) in [5.41, 5.74) is 0. The van der Waals surface area contributed by atoms with Gasteiger partial charge < -0.3 is 5.48 Å². The summed E-state index contributed by atoms with van der Waals surface area (Å²) in [5, 5.41) is 0. The summed E-state index contributed by atoms with van der Waals surface area (Å²) in [5.74, 6) is 0. The van der Waals surface area contributed by atoms with Gasteiger partial charge in [-0.3, -0.25) is 0 Å². The number of hydrogen-bond acceptors (Lipinski definition) is 1. The number of rotatable bonds is 0. The van der Waals surface area contributed by atoms with Crippen LogP contribution in [0.25, 0.3) is 0 Å². The van der Waals surface area contributed by atoms with Crippen molar-refractivity contribution in [3.63, 3.8) is 0 Å². The minimum atomic E-state index is 0. The van der Waals surface area contributed by atoms with Gasteiger partial charge in [0.05, 0.1) is 0 Å². The van der Waals surface area contributed by atoms with Gasteiger partial charge in [0.2, 0.25) is 0 Å². The van der Waals surface area contributed by atoms with Gasteiger partial charge in [0.25, 0.3) is 0 Å². The molecule has 0 spiro atoms. The Bertz CT molecular complexity index is 6.00. The molecule has 0 fully saturated rings. The molecule has 0 aromatic rings. The Hall–Kier alpha value is 0.960. The average Bonchev–Trinajstić information content (AvgIpc) is 1.00. The van der Waals surface area contributed by atoms with Crippen LogP contribution in [0.3, 0.4) is 0 Å². The van der Waals surface area contributed by atoms with E-state index in [0.29, 0.717) is 0 Å². The van der Waals surface area contributed by atoms with Crippen LogP contribution < -0.4 is 29.6 Å². The molecule has 1 N–H and O–H groups in total. The Morgan fingerprint density at radius 1 is 1.25 bits per heavy atom. The molecule has 0 aliphatic heterocycles. The Morgan fingerprint density at radius 2 is 1.25 bits per heavy atom. The molecule has 0 bridgehead atoms. The van der Waals surface area contributed by atoms with E-state index in [1.54, 1.807) is 6.92 Å². The number of hydrogen-bond donors (Lipinski definition) is 0. The van der Waals surface area contributed by atoms with Crippen molar-refractivity contribution >= 4 is 0 Å². The first-order valence-electron chi connectivity index (χ1n) is 0.707. The predicted octanol–water partition coefficient (Wildman–Crippen LogP) is -2.33. The Morgan fingerprint density at radius 3 is 1.25 bits per heavy atom. The quantitative estimate of drug-likeness (QED) is 0.293. The largest absolute Gasteiger partial charge is 1.00 e. The third kappa shape index (κ3) is 12.3. The fourth-order valence-corrected chi connectivity index (χ4v) is 0. The van der Waals surface area contributed by atoms with E-state index in [-0.39, 0.29) is 35.0 Å². The zero-order chi connectivity index (χ0) is 2.00. The van der Waals surface area contributed by atoms with E-state index in [0.717, 1.165) is 0 Å². The van der Waals surface area contributed by atoms with Crippen LogP contribution in [0.1, 0.15) is 6.92 Å². The molecule has 0 saturated carbocycles. The van der Waals surface area contributed by atoms with E-state index in [1.807, 2.05) is 0 Å². The molecule has 0 amide bonds. The molecular weight excluding hydrogens is 63.0 g/mol. The van der Waals surface area contributed by atoms with Gasteiger partial charge in [-0.2, -0.15) is 0 Å². The molecular formula is C2H6NaO. The van der Waals surface area contributed by atoms with Gasteiger partial charge in [-0.05, 0) is 0 Å². The minimum Gasteiger partial charge on any atom is -0.870 e. The van der Waals surface area contributed by atoms with Crippen molar-refractivity contribution in [2.75, 3.05) is 0 Å². The van der Waals surface area contributed by atoms with Crippen LogP contribution in [0.4, 0.5) is 0 Å². The fraction of sp³-hybridized carbons (Fsp3) is 0.500. The first kappa shape index (κ1) is 20.2. The topological polar surface area (TPSA) is 30.0 Å². The second-order valence-electron chi connectivity index (χ2n) is 0. The SMILES string of the molecule is [CH2]C.[Na+].[OH-]. The minimum absolute atomic E-state index is 0. The van der Waals surface area contributed by atoms with E-state index >= 15 is 0 Å². The normalized spacial score (nSPS) is 1.50. The maximum atomic E-state index is 3.25. The van der Waals surface area contributed by atoms with E-state index in [4.69, 9.17) is 0 Å². The Kier molecular flexibility index (Phi) is 191. The first-order valence-corrected chi connectivity index (χ1v) is 0.707. The van der Waals surface area contributed by atoms with Crippen molar-refractivity contribution in [1.29, 1.82) is 0 Å². The van der Waals surface area contributed by atoms with Crippen LogP contribution in [0, 0.1) is 6.92 Å². The molecule has 2 heteroatoms. The maximum absolute atomic E-state index is 3.25. The third-order valence-electron chi connectivity index (χ3n) is 0. The molecule has 0 aromatic carbocycles. The molecule has 0 rings (SSSR count). The molecule has 0 aromatic heterocycles. The van der Waals surface area contributed by atoms with Crippen LogP contribution in [-0.2, 0) is 0 Å². The second kappa shape index (κ2) is 37.6. The van der Waals surface area contributed by atoms with Gasteiger partial charge in [-0.15, -0.1) is 0 Å². The summed E-state index contributed by atoms with van der Waals surface area (Å²) >= 11 is 0. The molecule has 4 heavy (non-hydrogen) atoms. The van der Waals surface area contributed by atoms with Gasteiger partial charge in [0, 0.05) is 0 Å². The summed E-state index contributed by atoms with van der Waals surface area (Å²) in [7, 11) is 0. The molecule has 1 radical (unpaired) electrons. The fourth-order valence-electron chi connectivity index (χ4n) is 0. The summed E-state index contributed by atoms with van der Waals surface area (Å²) in [4.78, 5) is 0. The van der Waals surface area contributed by atoms with E-state index in [2.05, 4.69) is 6.92 Å². The van der Waals surface area contributed by atoms with Gasteiger partial charge in [0.15, 0.2) is 0 Å². The van der Waals surface area contributed by atoms with Gasteiger partial charge in [-0.25, -0.2) is 0 Å². The van der Waals surface area contributed by atoms with Crippen LogP contribution in [0.2, 0.25) is 0 Å². The van der Waals surface area contributed by atoms with E-state index in [9.17, 15) is 0 Å². The summed E-state index contributed by atoms with van der Waals surface area (Å²) in [6, 6.07) is 0. The molecule has 0 heterocycles. The zero-order valence-corrected chi connectivity index (χ0v) is 5.15. The predicted molar refractivity (Wildman–Crippen MR) is 13.0 cm³/mol. The van der Waals surface area contributed by atoms with E-state index in [1.165, 1.54) is 0 Å². The summed E-state index contributed by atoms with van der Waals surface area (Å²) in [6.07, 6.45) is 0. The van der Waals surface area contributed by atoms with Crippen LogP contribution in [0.15, 0.2) is 0 Å². The summed E-state index contributed by atoms with van der Waals surface area (Å²) < 4.78 is 0. The molecule has 0 unspecified atom stereocenters. The van der Waals surface area contributed by atoms with E-state index < -0.39 is 0 Å². The Balaban J connectivity index is -0.00000000500. The average molecular weight is 69.1 g/mol. The van der Waals surface area contributed by atoms with Crippen molar-refractivity contribution in [3.05, 3.63) is 6.92 Å². The molecule has 1 nitrogen and oxygen atoms in total. The van der Waals surface area contributed by atoms with Crippen molar-refractivity contribution in [2.45, 2.75) is 6.92 Å². The smallest absolute Gasteiger partial charge is 0.870 e. The molecule has 0 saturated heterocycles. The van der Waals surface area contributed by atoms with Crippen LogP contribution in [-0.4, -0.2) is 5.48 Å². The van der Waals surface area contributed by atoms with Crippen LogP contribution >= 0.6 is 0 Å². The molecule has 0 aliphatic carbocycles. The van der Waals surface area contributed by atoms with Crippen molar-refractivity contribution in [2.24, 2.45) is 0 Å². The zero-order valence-electron chi connectivity index (χ0n) is 3.15. The standard InChI is InChI=1S/C2H5.Na.H2O/c1-2;;/h1H2,2H3;;1H2/q;+1;/p-1. The van der Waals surface area contributed by atoms with Crippen LogP contribution in [0.5, 0.6) is 0 Å². The van der Waals surface area contributed by atoms with Crippen molar-refractivity contribution in [1.82, 2.24) is 0 Å². The second-order valence-corrected chi connectivity index (χ2v) is 0. The molecule has 0 aliphatic rings. The molecule has 0 atom stereocenters. The molecule has 21 valence electrons. The van der Waals surface area contributed by atoms with Gasteiger partial charge in [0.1, 0.15) is 0 Å². The summed E-state index contributed by atoms with van der Waals surface area (Å²) in [6.45, 7) is 5.00. The van der Waals surface area contributed by atoms with Gasteiger partial charge >= 0.3 is 29.6 Å². The van der Waals surface area contributed by atoms with Gasteiger partial charge in [-0.1, -0.05) is 13.8 Å². The maximum Gasteiger partial charge on any atom is 1.00 e. The monoisotopic (exact) mass is 69.0 g/mol.